The number of nitrogen functional groups attached to an aromatic ring is 1. The van der Waals surface area contributed by atoms with Gasteiger partial charge < -0.3 is 15.8 Å². The summed E-state index contributed by atoms with van der Waals surface area (Å²) in [5.74, 6) is 0.260. The fraction of sp³-hybridized carbons (Fsp3) is 0.214. The number of aryl methyl sites for hydroxylation is 1. The number of ether oxygens (including phenoxy) is 1. The molecule has 0 aliphatic heterocycles. The molecule has 2 aromatic rings. The van der Waals surface area contributed by atoms with Gasteiger partial charge in [-0.2, -0.15) is 0 Å². The predicted octanol–water partition coefficient (Wildman–Crippen LogP) is 0.863. The molecule has 1 aromatic carbocycles. The minimum absolute atomic E-state index is 0.152. The third kappa shape index (κ3) is 3.82. The number of hydrogen-bond donors (Lipinski definition) is 2. The molecule has 1 aromatic heterocycles. The molecule has 0 fully saturated rings. The van der Waals surface area contributed by atoms with Crippen LogP contribution in [0.25, 0.3) is 0 Å². The van der Waals surface area contributed by atoms with Crippen LogP contribution in [0.4, 0.5) is 11.4 Å². The van der Waals surface area contributed by atoms with Crippen molar-refractivity contribution in [3.05, 3.63) is 47.1 Å². The van der Waals surface area contributed by atoms with E-state index in [-0.39, 0.29) is 24.6 Å². The summed E-state index contributed by atoms with van der Waals surface area (Å²) in [5, 5.41) is 2.72. The van der Waals surface area contributed by atoms with Crippen LogP contribution in [0, 0.1) is 0 Å². The maximum atomic E-state index is 11.9. The third-order valence-electron chi connectivity index (χ3n) is 2.86. The summed E-state index contributed by atoms with van der Waals surface area (Å²) >= 11 is 0. The molecule has 0 atom stereocenters. The Morgan fingerprint density at radius 2 is 2.29 bits per heavy atom. The lowest BCUT2D eigenvalue weighted by Crippen LogP contribution is -2.24. The first-order valence-electron chi connectivity index (χ1n) is 6.35. The van der Waals surface area contributed by atoms with Crippen LogP contribution in [0.3, 0.4) is 0 Å². The molecule has 1 amide bonds. The number of nitrogens with one attached hydrogen (secondary N) is 1. The first-order valence-corrected chi connectivity index (χ1v) is 6.35. The molecule has 3 N–H and O–H groups in total. The van der Waals surface area contributed by atoms with E-state index in [4.69, 9.17) is 10.5 Å². The van der Waals surface area contributed by atoms with Gasteiger partial charge in [0.15, 0.2) is 0 Å². The monoisotopic (exact) mass is 288 g/mol. The van der Waals surface area contributed by atoms with Crippen molar-refractivity contribution in [3.63, 3.8) is 0 Å². The average molecular weight is 288 g/mol. The number of methoxy groups -OCH3 is 1. The Morgan fingerprint density at radius 3 is 3.00 bits per heavy atom. The van der Waals surface area contributed by atoms with Crippen LogP contribution in [-0.2, 0) is 11.3 Å². The van der Waals surface area contributed by atoms with Gasteiger partial charge in [0.05, 0.1) is 12.8 Å². The molecule has 110 valence electrons. The summed E-state index contributed by atoms with van der Waals surface area (Å²) in [6, 6.07) is 6.61. The largest absolute Gasteiger partial charge is 0.494 e. The second kappa shape index (κ2) is 6.56. The zero-order valence-corrected chi connectivity index (χ0v) is 11.6. The molecule has 0 saturated carbocycles. The van der Waals surface area contributed by atoms with Gasteiger partial charge in [-0.15, -0.1) is 0 Å². The van der Waals surface area contributed by atoms with Crippen LogP contribution in [-0.4, -0.2) is 22.6 Å². The fourth-order valence-electron chi connectivity index (χ4n) is 1.80. The normalized spacial score (nSPS) is 10.1. The van der Waals surface area contributed by atoms with Crippen molar-refractivity contribution in [3.8, 4) is 5.75 Å². The number of carbonyl (C=O) groups excluding carboxylic acids is 1. The van der Waals surface area contributed by atoms with Crippen LogP contribution in [0.1, 0.15) is 6.42 Å². The van der Waals surface area contributed by atoms with Crippen molar-refractivity contribution >= 4 is 17.3 Å². The van der Waals surface area contributed by atoms with Crippen molar-refractivity contribution in [1.82, 2.24) is 9.55 Å². The molecule has 0 saturated heterocycles. The van der Waals surface area contributed by atoms with Crippen molar-refractivity contribution in [2.24, 2.45) is 0 Å². The van der Waals surface area contributed by atoms with E-state index < -0.39 is 0 Å². The first-order chi connectivity index (χ1) is 10.1. The Hall–Kier alpha value is -2.83. The number of rotatable bonds is 5. The van der Waals surface area contributed by atoms with Crippen molar-refractivity contribution < 1.29 is 9.53 Å². The molecule has 0 unspecified atom stereocenters. The minimum atomic E-state index is -0.379. The van der Waals surface area contributed by atoms with Crippen LogP contribution >= 0.6 is 0 Å². The summed E-state index contributed by atoms with van der Waals surface area (Å²) in [6.45, 7) is 0.260. The standard InChI is InChI=1S/C14H16N4O3/c1-21-12-9-10(15)3-4-11(12)17-13(19)5-8-18-7-2-6-16-14(18)20/h2-4,6-7,9H,5,8,15H2,1H3,(H,17,19). The molecule has 1 heterocycles. The molecule has 0 bridgehead atoms. The SMILES string of the molecule is COc1cc(N)ccc1NC(=O)CCn1cccnc1=O. The number of nitrogens with zero attached hydrogens (tertiary/aromatic N) is 2. The van der Waals surface area contributed by atoms with Gasteiger partial charge in [0.2, 0.25) is 5.91 Å². The highest BCUT2D eigenvalue weighted by atomic mass is 16.5. The van der Waals surface area contributed by atoms with Gasteiger partial charge in [-0.3, -0.25) is 9.36 Å². The van der Waals surface area contributed by atoms with Gasteiger partial charge in [0.1, 0.15) is 5.75 Å². The van der Waals surface area contributed by atoms with E-state index in [9.17, 15) is 9.59 Å². The van der Waals surface area contributed by atoms with E-state index in [1.54, 1.807) is 30.5 Å². The zero-order valence-electron chi connectivity index (χ0n) is 11.6. The van der Waals surface area contributed by atoms with E-state index in [0.29, 0.717) is 17.1 Å². The summed E-state index contributed by atoms with van der Waals surface area (Å²) in [7, 11) is 1.50. The van der Waals surface area contributed by atoms with Crippen LogP contribution in [0.2, 0.25) is 0 Å². The van der Waals surface area contributed by atoms with E-state index in [2.05, 4.69) is 10.3 Å². The lowest BCUT2D eigenvalue weighted by atomic mass is 10.2. The Bertz CT molecular complexity index is 697. The summed E-state index contributed by atoms with van der Waals surface area (Å²) in [6.07, 6.45) is 3.16. The molecular formula is C14H16N4O3. The molecule has 0 radical (unpaired) electrons. The highest BCUT2D eigenvalue weighted by Crippen LogP contribution is 2.26. The number of carbonyl (C=O) groups is 1. The van der Waals surface area contributed by atoms with Crippen molar-refractivity contribution in [2.75, 3.05) is 18.2 Å². The molecular weight excluding hydrogens is 272 g/mol. The minimum Gasteiger partial charge on any atom is -0.494 e. The lowest BCUT2D eigenvalue weighted by Gasteiger charge is -2.11. The fourth-order valence-corrected chi connectivity index (χ4v) is 1.80. The van der Waals surface area contributed by atoms with E-state index in [0.717, 1.165) is 0 Å². The first kappa shape index (κ1) is 14.6. The molecule has 7 heteroatoms. The number of nitrogens with two attached hydrogens (primary N) is 1. The maximum Gasteiger partial charge on any atom is 0.347 e. The molecule has 21 heavy (non-hydrogen) atoms. The highest BCUT2D eigenvalue weighted by Gasteiger charge is 2.08. The smallest absolute Gasteiger partial charge is 0.347 e. The van der Waals surface area contributed by atoms with Gasteiger partial charge in [-0.1, -0.05) is 0 Å². The van der Waals surface area contributed by atoms with Crippen LogP contribution in [0.15, 0.2) is 41.5 Å². The Kier molecular flexibility index (Phi) is 4.55. The van der Waals surface area contributed by atoms with Crippen molar-refractivity contribution in [1.29, 1.82) is 0 Å². The second-order valence-corrected chi connectivity index (χ2v) is 4.35. The summed E-state index contributed by atoms with van der Waals surface area (Å²) in [5.41, 5.74) is 6.35. The average Bonchev–Trinajstić information content (AvgIpc) is 2.48. The second-order valence-electron chi connectivity index (χ2n) is 4.35. The highest BCUT2D eigenvalue weighted by molar-refractivity contribution is 5.92. The number of anilines is 2. The van der Waals surface area contributed by atoms with Crippen LogP contribution < -0.4 is 21.5 Å². The summed E-state index contributed by atoms with van der Waals surface area (Å²) < 4.78 is 6.52. The van der Waals surface area contributed by atoms with Gasteiger partial charge in [0, 0.05) is 37.1 Å². The topological polar surface area (TPSA) is 99.2 Å². The van der Waals surface area contributed by atoms with Crippen LogP contribution in [0.5, 0.6) is 5.75 Å². The Labute approximate surface area is 121 Å². The summed E-state index contributed by atoms with van der Waals surface area (Å²) in [4.78, 5) is 27.0. The van der Waals surface area contributed by atoms with E-state index >= 15 is 0 Å². The van der Waals surface area contributed by atoms with Crippen molar-refractivity contribution in [2.45, 2.75) is 13.0 Å². The van der Waals surface area contributed by atoms with E-state index in [1.807, 2.05) is 0 Å². The van der Waals surface area contributed by atoms with Gasteiger partial charge in [0.25, 0.3) is 0 Å². The third-order valence-corrected chi connectivity index (χ3v) is 2.86. The van der Waals surface area contributed by atoms with E-state index in [1.165, 1.54) is 17.9 Å². The molecule has 0 aliphatic rings. The molecule has 7 nitrogen and oxygen atoms in total. The van der Waals surface area contributed by atoms with Gasteiger partial charge in [-0.25, -0.2) is 9.78 Å². The zero-order chi connectivity index (χ0) is 15.2. The predicted molar refractivity (Wildman–Crippen MR) is 79.2 cm³/mol. The number of hydrogen-bond acceptors (Lipinski definition) is 5. The quantitative estimate of drug-likeness (QED) is 0.795. The molecule has 0 aliphatic carbocycles. The number of aromatic nitrogens is 2. The molecule has 2 rings (SSSR count). The Morgan fingerprint density at radius 1 is 1.48 bits per heavy atom. The molecule has 0 spiro atoms. The maximum absolute atomic E-state index is 11.9. The number of amides is 1. The van der Waals surface area contributed by atoms with Gasteiger partial charge >= 0.3 is 5.69 Å². The lowest BCUT2D eigenvalue weighted by molar-refractivity contribution is -0.116. The number of benzene rings is 1. The Balaban J connectivity index is 1.99. The van der Waals surface area contributed by atoms with Gasteiger partial charge in [-0.05, 0) is 18.2 Å².